The Morgan fingerprint density at radius 1 is 1.15 bits per heavy atom. The van der Waals surface area contributed by atoms with Crippen LogP contribution in [0.3, 0.4) is 0 Å². The Morgan fingerprint density at radius 2 is 1.88 bits per heavy atom. The van der Waals surface area contributed by atoms with E-state index < -0.39 is 28.9 Å². The molecule has 0 spiro atoms. The van der Waals surface area contributed by atoms with Gasteiger partial charge in [-0.25, -0.2) is 13.2 Å². The van der Waals surface area contributed by atoms with Crippen molar-refractivity contribution in [1.29, 1.82) is 0 Å². The molecule has 2 unspecified atom stereocenters. The van der Waals surface area contributed by atoms with Gasteiger partial charge in [0.1, 0.15) is 23.0 Å². The van der Waals surface area contributed by atoms with Gasteiger partial charge in [-0.3, -0.25) is 9.59 Å². The lowest BCUT2D eigenvalue weighted by Crippen LogP contribution is -2.47. The molecule has 1 aromatic rings. The molecule has 2 amide bonds. The number of carbonyl (C=O) groups is 2. The van der Waals surface area contributed by atoms with Gasteiger partial charge in [-0.05, 0) is 38.1 Å². The van der Waals surface area contributed by atoms with Crippen LogP contribution in [0.25, 0.3) is 0 Å². The Labute approximate surface area is 149 Å². The Morgan fingerprint density at radius 3 is 2.54 bits per heavy atom. The highest BCUT2D eigenvalue weighted by Crippen LogP contribution is 2.22. The molecule has 0 saturated carbocycles. The van der Waals surface area contributed by atoms with E-state index in [0.717, 1.165) is 25.8 Å². The van der Waals surface area contributed by atoms with Gasteiger partial charge in [0.2, 0.25) is 5.91 Å². The van der Waals surface area contributed by atoms with Crippen LogP contribution in [0, 0.1) is 23.4 Å². The predicted octanol–water partition coefficient (Wildman–Crippen LogP) is 1.82. The third kappa shape index (κ3) is 4.17. The Bertz CT molecular complexity index is 669. The number of rotatable bonds is 4. The van der Waals surface area contributed by atoms with E-state index in [0.29, 0.717) is 38.2 Å². The number of benzene rings is 1. The van der Waals surface area contributed by atoms with Crippen LogP contribution in [0.1, 0.15) is 36.0 Å². The van der Waals surface area contributed by atoms with Gasteiger partial charge in [0.15, 0.2) is 0 Å². The molecule has 26 heavy (non-hydrogen) atoms. The number of hydrogen-bond donors (Lipinski definition) is 2. The van der Waals surface area contributed by atoms with Crippen molar-refractivity contribution in [3.63, 3.8) is 0 Å². The van der Waals surface area contributed by atoms with Crippen molar-refractivity contribution in [3.8, 4) is 0 Å². The highest BCUT2D eigenvalue weighted by molar-refractivity contribution is 5.94. The minimum Gasteiger partial charge on any atom is -0.354 e. The monoisotopic (exact) mass is 369 g/mol. The molecular weight excluding hydrogens is 347 g/mol. The molecular formula is C18H22F3N3O2. The molecule has 2 atom stereocenters. The summed E-state index contributed by atoms with van der Waals surface area (Å²) in [5.41, 5.74) is -0.730. The summed E-state index contributed by atoms with van der Waals surface area (Å²) in [4.78, 5) is 25.9. The van der Waals surface area contributed by atoms with E-state index in [1.807, 2.05) is 0 Å². The number of likely N-dealkylation sites (tertiary alicyclic amines) is 1. The molecule has 1 aromatic carbocycles. The van der Waals surface area contributed by atoms with Crippen LogP contribution in [0.2, 0.25) is 0 Å². The first-order valence-electron chi connectivity index (χ1n) is 8.90. The van der Waals surface area contributed by atoms with Gasteiger partial charge in [0.05, 0.1) is 6.04 Å². The third-order valence-corrected chi connectivity index (χ3v) is 4.97. The van der Waals surface area contributed by atoms with Crippen LogP contribution in [0.4, 0.5) is 13.2 Å². The van der Waals surface area contributed by atoms with E-state index in [9.17, 15) is 22.8 Å². The molecule has 142 valence electrons. The summed E-state index contributed by atoms with van der Waals surface area (Å²) in [5.74, 6) is -4.28. The molecule has 0 aromatic heterocycles. The third-order valence-electron chi connectivity index (χ3n) is 4.97. The average molecular weight is 369 g/mol. The van der Waals surface area contributed by atoms with Crippen LogP contribution in [0.15, 0.2) is 12.1 Å². The number of piperidine rings is 1. The van der Waals surface area contributed by atoms with E-state index >= 15 is 0 Å². The molecule has 2 fully saturated rings. The standard InChI is InChI=1S/C18H22F3N3O2/c19-12-7-13(20)16(14(21)8-12)18(26)24-6-2-3-11(10-24)9-23-17(25)15-4-1-5-22-15/h7-8,11,15,22H,1-6,9-10H2,(H,23,25). The minimum atomic E-state index is -1.20. The quantitative estimate of drug-likeness (QED) is 0.851. The molecule has 2 aliphatic heterocycles. The number of nitrogens with zero attached hydrogens (tertiary/aromatic N) is 1. The lowest BCUT2D eigenvalue weighted by atomic mass is 9.97. The van der Waals surface area contributed by atoms with E-state index in [2.05, 4.69) is 10.6 Å². The van der Waals surface area contributed by atoms with Gasteiger partial charge in [-0.15, -0.1) is 0 Å². The van der Waals surface area contributed by atoms with Gasteiger partial charge >= 0.3 is 0 Å². The van der Waals surface area contributed by atoms with Gasteiger partial charge in [0.25, 0.3) is 5.91 Å². The minimum absolute atomic E-state index is 0.0182. The zero-order chi connectivity index (χ0) is 18.7. The molecule has 5 nitrogen and oxygen atoms in total. The maximum absolute atomic E-state index is 13.8. The van der Waals surface area contributed by atoms with Gasteiger partial charge in [-0.2, -0.15) is 0 Å². The molecule has 2 aliphatic rings. The number of carbonyl (C=O) groups excluding carboxylic acids is 2. The van der Waals surface area contributed by atoms with Crippen molar-refractivity contribution in [3.05, 3.63) is 35.1 Å². The average Bonchev–Trinajstić information content (AvgIpc) is 3.13. The molecule has 8 heteroatoms. The number of nitrogens with one attached hydrogen (secondary N) is 2. The van der Waals surface area contributed by atoms with Gasteiger partial charge in [-0.1, -0.05) is 0 Å². The zero-order valence-electron chi connectivity index (χ0n) is 14.4. The van der Waals surface area contributed by atoms with E-state index in [1.54, 1.807) is 0 Å². The molecule has 2 heterocycles. The van der Waals surface area contributed by atoms with Crippen LogP contribution >= 0.6 is 0 Å². The maximum atomic E-state index is 13.8. The van der Waals surface area contributed by atoms with Crippen LogP contribution < -0.4 is 10.6 Å². The van der Waals surface area contributed by atoms with Crippen molar-refractivity contribution in [2.45, 2.75) is 31.7 Å². The summed E-state index contributed by atoms with van der Waals surface area (Å²) in [6, 6.07) is 0.845. The Balaban J connectivity index is 1.59. The topological polar surface area (TPSA) is 61.4 Å². The zero-order valence-corrected chi connectivity index (χ0v) is 14.4. The van der Waals surface area contributed by atoms with Crippen molar-refractivity contribution in [2.75, 3.05) is 26.2 Å². The fraction of sp³-hybridized carbons (Fsp3) is 0.556. The Kier molecular flexibility index (Phi) is 5.80. The lowest BCUT2D eigenvalue weighted by molar-refractivity contribution is -0.123. The fourth-order valence-electron chi connectivity index (χ4n) is 3.60. The van der Waals surface area contributed by atoms with E-state index in [1.165, 1.54) is 4.90 Å². The number of hydrogen-bond acceptors (Lipinski definition) is 3. The molecule has 0 bridgehead atoms. The van der Waals surface area contributed by atoms with Crippen LogP contribution in [-0.4, -0.2) is 48.9 Å². The van der Waals surface area contributed by atoms with Crippen molar-refractivity contribution < 1.29 is 22.8 Å². The number of halogens is 3. The summed E-state index contributed by atoms with van der Waals surface area (Å²) in [5, 5.41) is 6.01. The first-order chi connectivity index (χ1) is 12.5. The maximum Gasteiger partial charge on any atom is 0.259 e. The van der Waals surface area contributed by atoms with Crippen molar-refractivity contribution >= 4 is 11.8 Å². The second-order valence-corrected chi connectivity index (χ2v) is 6.90. The molecule has 2 saturated heterocycles. The summed E-state index contributed by atoms with van der Waals surface area (Å²) in [7, 11) is 0. The van der Waals surface area contributed by atoms with Gasteiger partial charge in [0, 0.05) is 31.8 Å². The van der Waals surface area contributed by atoms with Crippen molar-refractivity contribution in [1.82, 2.24) is 15.5 Å². The van der Waals surface area contributed by atoms with Crippen molar-refractivity contribution in [2.24, 2.45) is 5.92 Å². The van der Waals surface area contributed by atoms with Crippen LogP contribution in [0.5, 0.6) is 0 Å². The lowest BCUT2D eigenvalue weighted by Gasteiger charge is -2.33. The summed E-state index contributed by atoms with van der Waals surface area (Å²) < 4.78 is 40.7. The highest BCUT2D eigenvalue weighted by Gasteiger charge is 2.29. The Hall–Kier alpha value is -2.09. The van der Waals surface area contributed by atoms with E-state index in [-0.39, 0.29) is 17.9 Å². The molecule has 0 radical (unpaired) electrons. The second kappa shape index (κ2) is 8.07. The first-order valence-corrected chi connectivity index (χ1v) is 8.90. The first kappa shape index (κ1) is 18.7. The molecule has 2 N–H and O–H groups in total. The van der Waals surface area contributed by atoms with Gasteiger partial charge < -0.3 is 15.5 Å². The smallest absolute Gasteiger partial charge is 0.259 e. The summed E-state index contributed by atoms with van der Waals surface area (Å²) >= 11 is 0. The second-order valence-electron chi connectivity index (χ2n) is 6.90. The summed E-state index contributed by atoms with van der Waals surface area (Å²) in [6.45, 7) is 1.92. The normalized spacial score (nSPS) is 23.1. The fourth-order valence-corrected chi connectivity index (χ4v) is 3.60. The highest BCUT2D eigenvalue weighted by atomic mass is 19.1. The summed E-state index contributed by atoms with van der Waals surface area (Å²) in [6.07, 6.45) is 3.28. The van der Waals surface area contributed by atoms with Crippen LogP contribution in [-0.2, 0) is 4.79 Å². The van der Waals surface area contributed by atoms with E-state index in [4.69, 9.17) is 0 Å². The number of amides is 2. The largest absolute Gasteiger partial charge is 0.354 e. The molecule has 3 rings (SSSR count). The SMILES string of the molecule is O=C(NCC1CCCN(C(=O)c2c(F)cc(F)cc2F)C1)C1CCCN1. The predicted molar refractivity (Wildman–Crippen MR) is 89.0 cm³/mol. The molecule has 0 aliphatic carbocycles.